The van der Waals surface area contributed by atoms with Crippen LogP contribution in [0.5, 0.6) is 0 Å². The van der Waals surface area contributed by atoms with Gasteiger partial charge in [0.05, 0.1) is 29.3 Å². The molecule has 3 N–H and O–H groups in total. The van der Waals surface area contributed by atoms with Crippen LogP contribution in [0.1, 0.15) is 5.56 Å². The molecule has 9 nitrogen and oxygen atoms in total. The molecule has 3 heterocycles. The minimum Gasteiger partial charge on any atom is -0.337 e. The Bertz CT molecular complexity index is 1420. The number of carbonyl (C=O) groups is 1. The largest absolute Gasteiger partial charge is 0.416 e. The fraction of sp³-hybridized carbons (Fsp3) is 0.0870. The van der Waals surface area contributed by atoms with Crippen LogP contribution in [0.4, 0.5) is 46.5 Å². The van der Waals surface area contributed by atoms with Gasteiger partial charge in [-0.1, -0.05) is 18.7 Å². The van der Waals surface area contributed by atoms with Crippen LogP contribution < -0.4 is 16.0 Å². The molecule has 0 spiro atoms. The van der Waals surface area contributed by atoms with Gasteiger partial charge in [-0.05, 0) is 23.8 Å². The summed E-state index contributed by atoms with van der Waals surface area (Å²) in [5.41, 5.74) is 0.319. The van der Waals surface area contributed by atoms with Crippen molar-refractivity contribution in [1.29, 1.82) is 0 Å². The molecular weight excluding hydrogens is 480 g/mol. The lowest BCUT2D eigenvalue weighted by Crippen LogP contribution is -2.10. The molecular formula is C23H18F4N8O. The van der Waals surface area contributed by atoms with Gasteiger partial charge in [-0.25, -0.2) is 14.4 Å². The van der Waals surface area contributed by atoms with Gasteiger partial charge in [0.25, 0.3) is 0 Å². The number of nitrogens with zero attached hydrogens (tertiary/aromatic N) is 5. The average Bonchev–Trinajstić information content (AvgIpc) is 3.25. The number of aromatic nitrogens is 5. The van der Waals surface area contributed by atoms with E-state index in [1.54, 1.807) is 17.9 Å². The molecule has 0 bridgehead atoms. The second kappa shape index (κ2) is 9.82. The Balaban J connectivity index is 1.74. The monoisotopic (exact) mass is 498 g/mol. The molecule has 1 aromatic carbocycles. The third-order valence-electron chi connectivity index (χ3n) is 4.82. The molecule has 0 fully saturated rings. The highest BCUT2D eigenvalue weighted by atomic mass is 19.4. The topological polar surface area (TPSA) is 110 Å². The summed E-state index contributed by atoms with van der Waals surface area (Å²) in [6.07, 6.45) is 2.03. The third-order valence-corrected chi connectivity index (χ3v) is 4.82. The highest BCUT2D eigenvalue weighted by Crippen LogP contribution is 2.34. The van der Waals surface area contributed by atoms with Crippen LogP contribution in [0, 0.1) is 5.82 Å². The van der Waals surface area contributed by atoms with Gasteiger partial charge >= 0.3 is 6.18 Å². The molecule has 0 saturated carbocycles. The molecule has 0 aliphatic carbocycles. The first-order valence-electron chi connectivity index (χ1n) is 10.3. The molecule has 0 aliphatic heterocycles. The van der Waals surface area contributed by atoms with E-state index in [0.29, 0.717) is 16.8 Å². The summed E-state index contributed by atoms with van der Waals surface area (Å²) in [6, 6.07) is 5.62. The Morgan fingerprint density at radius 2 is 1.83 bits per heavy atom. The van der Waals surface area contributed by atoms with Crippen LogP contribution >= 0.6 is 0 Å². The van der Waals surface area contributed by atoms with E-state index in [2.05, 4.69) is 42.6 Å². The standard InChI is InChI=1S/C23H18F4N8O/c1-3-20(36)33-19-8-18(17(24)11-28-19)32-21-16(13-4-6-14(7-5-13)23(25,26)27)10-29-22(34-21)31-15-9-30-35(2)12-15/h3-12H,1H2,2H3,(H3,28,29,31,32,33,34,36). The third kappa shape index (κ3) is 5.63. The predicted octanol–water partition coefficient (Wildman–Crippen LogP) is 5.04. The summed E-state index contributed by atoms with van der Waals surface area (Å²) in [5.74, 6) is -1.05. The van der Waals surface area contributed by atoms with Crippen molar-refractivity contribution in [2.75, 3.05) is 16.0 Å². The van der Waals surface area contributed by atoms with Crippen molar-refractivity contribution in [2.45, 2.75) is 6.18 Å². The molecule has 0 atom stereocenters. The van der Waals surface area contributed by atoms with Crippen LogP contribution in [-0.4, -0.2) is 30.6 Å². The molecule has 0 aliphatic rings. The maximum Gasteiger partial charge on any atom is 0.416 e. The fourth-order valence-electron chi connectivity index (χ4n) is 3.11. The van der Waals surface area contributed by atoms with Crippen molar-refractivity contribution in [2.24, 2.45) is 7.05 Å². The number of nitrogens with one attached hydrogen (secondary N) is 3. The molecule has 0 saturated heterocycles. The van der Waals surface area contributed by atoms with E-state index in [1.807, 2.05) is 0 Å². The number of anilines is 5. The van der Waals surface area contributed by atoms with Crippen LogP contribution in [0.15, 0.2) is 67.8 Å². The highest BCUT2D eigenvalue weighted by Gasteiger charge is 2.30. The van der Waals surface area contributed by atoms with Gasteiger partial charge in [0, 0.05) is 31.1 Å². The van der Waals surface area contributed by atoms with Gasteiger partial charge in [-0.2, -0.15) is 23.3 Å². The molecule has 13 heteroatoms. The zero-order valence-corrected chi connectivity index (χ0v) is 18.6. The van der Waals surface area contributed by atoms with Gasteiger partial charge in [-0.3, -0.25) is 9.48 Å². The summed E-state index contributed by atoms with van der Waals surface area (Å²) in [5, 5.41) is 12.2. The number of carbonyl (C=O) groups excluding carboxylic acids is 1. The van der Waals surface area contributed by atoms with Crippen molar-refractivity contribution in [1.82, 2.24) is 24.7 Å². The van der Waals surface area contributed by atoms with Crippen molar-refractivity contribution in [3.05, 3.63) is 79.2 Å². The number of pyridine rings is 1. The summed E-state index contributed by atoms with van der Waals surface area (Å²) >= 11 is 0. The SMILES string of the molecule is C=CC(=O)Nc1cc(Nc2nc(Nc3cnn(C)c3)ncc2-c2ccc(C(F)(F)F)cc2)c(F)cn1. The molecule has 0 unspecified atom stereocenters. The summed E-state index contributed by atoms with van der Waals surface area (Å²) in [6.45, 7) is 3.35. The van der Waals surface area contributed by atoms with E-state index in [9.17, 15) is 22.4 Å². The Hall–Kier alpha value is -4.81. The fourth-order valence-corrected chi connectivity index (χ4v) is 3.11. The van der Waals surface area contributed by atoms with Crippen molar-refractivity contribution in [3.63, 3.8) is 0 Å². The second-order valence-corrected chi connectivity index (χ2v) is 7.43. The van der Waals surface area contributed by atoms with E-state index in [0.717, 1.165) is 24.4 Å². The number of hydrogen-bond donors (Lipinski definition) is 3. The van der Waals surface area contributed by atoms with E-state index in [4.69, 9.17) is 0 Å². The predicted molar refractivity (Wildman–Crippen MR) is 125 cm³/mol. The lowest BCUT2D eigenvalue weighted by Gasteiger charge is -2.15. The number of benzene rings is 1. The second-order valence-electron chi connectivity index (χ2n) is 7.43. The van der Waals surface area contributed by atoms with Crippen LogP contribution in [0.3, 0.4) is 0 Å². The molecule has 36 heavy (non-hydrogen) atoms. The molecule has 1 amide bonds. The first-order chi connectivity index (χ1) is 17.1. The maximum atomic E-state index is 14.6. The van der Waals surface area contributed by atoms with Gasteiger partial charge in [-0.15, -0.1) is 0 Å². The highest BCUT2D eigenvalue weighted by molar-refractivity contribution is 5.98. The smallest absolute Gasteiger partial charge is 0.337 e. The Labute approximate surface area is 201 Å². The average molecular weight is 498 g/mol. The summed E-state index contributed by atoms with van der Waals surface area (Å²) in [7, 11) is 1.72. The minimum atomic E-state index is -4.50. The lowest BCUT2D eigenvalue weighted by molar-refractivity contribution is -0.137. The number of hydrogen-bond acceptors (Lipinski definition) is 7. The molecule has 0 radical (unpaired) electrons. The van der Waals surface area contributed by atoms with E-state index < -0.39 is 23.5 Å². The molecule has 4 aromatic rings. The van der Waals surface area contributed by atoms with Crippen LogP contribution in [0.2, 0.25) is 0 Å². The minimum absolute atomic E-state index is 0.0441. The lowest BCUT2D eigenvalue weighted by atomic mass is 10.1. The molecule has 184 valence electrons. The Morgan fingerprint density at radius 3 is 2.47 bits per heavy atom. The van der Waals surface area contributed by atoms with Crippen LogP contribution in [0.25, 0.3) is 11.1 Å². The maximum absolute atomic E-state index is 14.6. The van der Waals surface area contributed by atoms with Crippen LogP contribution in [-0.2, 0) is 18.0 Å². The van der Waals surface area contributed by atoms with E-state index in [-0.39, 0.29) is 23.3 Å². The Morgan fingerprint density at radius 1 is 1.08 bits per heavy atom. The molecule has 4 rings (SSSR count). The number of halogens is 4. The Kier molecular flexibility index (Phi) is 6.63. The summed E-state index contributed by atoms with van der Waals surface area (Å²) in [4.78, 5) is 24.0. The van der Waals surface area contributed by atoms with Crippen molar-refractivity contribution >= 4 is 34.9 Å². The number of aryl methyl sites for hydroxylation is 1. The van der Waals surface area contributed by atoms with Crippen molar-refractivity contribution in [3.8, 4) is 11.1 Å². The number of amides is 1. The summed E-state index contributed by atoms with van der Waals surface area (Å²) < 4.78 is 55.2. The molecule has 3 aromatic heterocycles. The number of alkyl halides is 3. The van der Waals surface area contributed by atoms with E-state index in [1.165, 1.54) is 30.6 Å². The van der Waals surface area contributed by atoms with Gasteiger partial charge in [0.1, 0.15) is 11.6 Å². The van der Waals surface area contributed by atoms with E-state index >= 15 is 0 Å². The zero-order valence-electron chi connectivity index (χ0n) is 18.6. The zero-order chi connectivity index (χ0) is 25.9. The van der Waals surface area contributed by atoms with Crippen molar-refractivity contribution < 1.29 is 22.4 Å². The van der Waals surface area contributed by atoms with Gasteiger partial charge < -0.3 is 16.0 Å². The number of rotatable bonds is 7. The van der Waals surface area contributed by atoms with Gasteiger partial charge in [0.15, 0.2) is 5.82 Å². The quantitative estimate of drug-likeness (QED) is 0.242. The first-order valence-corrected chi connectivity index (χ1v) is 10.3. The van der Waals surface area contributed by atoms with Gasteiger partial charge in [0.2, 0.25) is 11.9 Å². The normalized spacial score (nSPS) is 11.1. The first kappa shape index (κ1) is 24.3.